The minimum absolute atomic E-state index is 0.310. The molecule has 0 atom stereocenters. The Morgan fingerprint density at radius 1 is 0.842 bits per heavy atom. The van der Waals surface area contributed by atoms with E-state index in [-0.39, 0.29) is 0 Å². The molecule has 0 aromatic heterocycles. The zero-order valence-corrected chi connectivity index (χ0v) is 11.6. The molecule has 0 heterocycles. The Kier molecular flexibility index (Phi) is 5.55. The monoisotopic (exact) mass is 277 g/mol. The molecule has 0 aromatic rings. The van der Waals surface area contributed by atoms with Gasteiger partial charge in [-0.25, -0.2) is 0 Å². The van der Waals surface area contributed by atoms with Crippen LogP contribution in [0.25, 0.3) is 0 Å². The van der Waals surface area contributed by atoms with Crippen molar-refractivity contribution in [3.05, 3.63) is 0 Å². The van der Waals surface area contributed by atoms with E-state index in [2.05, 4.69) is 5.32 Å². The van der Waals surface area contributed by atoms with Crippen LogP contribution in [0, 0.1) is 11.8 Å². The fourth-order valence-electron chi connectivity index (χ4n) is 3.59. The molecule has 1 N–H and O–H groups in total. The first-order valence-corrected chi connectivity index (χ1v) is 7.86. The predicted octanol–water partition coefficient (Wildman–Crippen LogP) is 4.67. The topological polar surface area (TPSA) is 12.0 Å². The summed E-state index contributed by atoms with van der Waals surface area (Å²) in [6, 6.07) is 0.321. The fraction of sp³-hybridized carbons (Fsp3) is 1.00. The van der Waals surface area contributed by atoms with E-state index in [1.54, 1.807) is 0 Å². The minimum atomic E-state index is -3.98. The molecule has 0 radical (unpaired) electrons. The van der Waals surface area contributed by atoms with Crippen LogP contribution in [0.2, 0.25) is 0 Å². The second-order valence-electron chi connectivity index (χ2n) is 6.34. The summed E-state index contributed by atoms with van der Waals surface area (Å²) in [6.07, 6.45) is 6.03. The number of halogens is 3. The van der Waals surface area contributed by atoms with Gasteiger partial charge in [0.1, 0.15) is 0 Å². The third-order valence-electron chi connectivity index (χ3n) is 4.90. The Labute approximate surface area is 114 Å². The van der Waals surface area contributed by atoms with Gasteiger partial charge in [0, 0.05) is 6.04 Å². The Bertz CT molecular complexity index is 251. The average molecular weight is 277 g/mol. The minimum Gasteiger partial charge on any atom is -0.314 e. The lowest BCUT2D eigenvalue weighted by Gasteiger charge is -2.31. The van der Waals surface area contributed by atoms with E-state index < -0.39 is 12.1 Å². The molecular formula is C15H26F3N. The normalized spacial score (nSPS) is 30.5. The van der Waals surface area contributed by atoms with Gasteiger partial charge in [-0.3, -0.25) is 0 Å². The molecule has 0 aromatic carbocycles. The summed E-state index contributed by atoms with van der Waals surface area (Å²) in [5.41, 5.74) is 0. The van der Waals surface area contributed by atoms with Crippen LogP contribution in [0.4, 0.5) is 13.2 Å². The van der Waals surface area contributed by atoms with Crippen molar-refractivity contribution in [2.75, 3.05) is 6.54 Å². The maximum atomic E-state index is 12.5. The van der Waals surface area contributed by atoms with Crippen molar-refractivity contribution in [1.29, 1.82) is 0 Å². The molecule has 2 aliphatic rings. The van der Waals surface area contributed by atoms with Crippen molar-refractivity contribution >= 4 is 0 Å². The number of rotatable bonds is 4. The highest BCUT2D eigenvalue weighted by molar-refractivity contribution is 4.81. The smallest absolute Gasteiger partial charge is 0.314 e. The van der Waals surface area contributed by atoms with Crippen LogP contribution in [0.5, 0.6) is 0 Å². The lowest BCUT2D eigenvalue weighted by Crippen LogP contribution is -2.37. The molecule has 0 spiro atoms. The molecule has 2 fully saturated rings. The van der Waals surface area contributed by atoms with Gasteiger partial charge in [0.15, 0.2) is 0 Å². The van der Waals surface area contributed by atoms with Gasteiger partial charge in [-0.15, -0.1) is 0 Å². The summed E-state index contributed by atoms with van der Waals surface area (Å²) in [7, 11) is 0. The molecule has 0 unspecified atom stereocenters. The van der Waals surface area contributed by atoms with E-state index in [1.165, 1.54) is 38.5 Å². The average Bonchev–Trinajstić information content (AvgIpc) is 2.39. The third kappa shape index (κ3) is 4.97. The van der Waals surface area contributed by atoms with E-state index in [1.807, 2.05) is 0 Å². The summed E-state index contributed by atoms with van der Waals surface area (Å²) < 4.78 is 37.6. The zero-order valence-electron chi connectivity index (χ0n) is 11.6. The first-order valence-electron chi connectivity index (χ1n) is 7.86. The van der Waals surface area contributed by atoms with Gasteiger partial charge in [-0.2, -0.15) is 13.2 Å². The molecular weight excluding hydrogens is 251 g/mol. The Balaban J connectivity index is 1.58. The van der Waals surface area contributed by atoms with Gasteiger partial charge in [0.2, 0.25) is 0 Å². The van der Waals surface area contributed by atoms with Crippen molar-refractivity contribution in [3.8, 4) is 0 Å². The van der Waals surface area contributed by atoms with E-state index in [0.29, 0.717) is 31.7 Å². The van der Waals surface area contributed by atoms with Crippen LogP contribution in [-0.2, 0) is 0 Å². The zero-order chi connectivity index (χ0) is 13.7. The molecule has 1 nitrogen and oxygen atoms in total. The first kappa shape index (κ1) is 15.1. The summed E-state index contributed by atoms with van der Waals surface area (Å²) in [4.78, 5) is 0. The van der Waals surface area contributed by atoms with Crippen molar-refractivity contribution in [1.82, 2.24) is 5.32 Å². The molecule has 2 rings (SSSR count). The largest absolute Gasteiger partial charge is 0.391 e. The summed E-state index contributed by atoms with van der Waals surface area (Å²) >= 11 is 0. The number of nitrogens with one attached hydrogen (secondary N) is 1. The highest BCUT2D eigenvalue weighted by Gasteiger charge is 2.41. The van der Waals surface area contributed by atoms with Crippen molar-refractivity contribution in [2.45, 2.75) is 76.4 Å². The predicted molar refractivity (Wildman–Crippen MR) is 71.0 cm³/mol. The molecule has 19 heavy (non-hydrogen) atoms. The van der Waals surface area contributed by atoms with E-state index in [4.69, 9.17) is 0 Å². The van der Waals surface area contributed by atoms with E-state index in [9.17, 15) is 13.2 Å². The second kappa shape index (κ2) is 6.96. The van der Waals surface area contributed by atoms with Crippen LogP contribution in [0.1, 0.15) is 64.2 Å². The van der Waals surface area contributed by atoms with Crippen LogP contribution >= 0.6 is 0 Å². The van der Waals surface area contributed by atoms with Crippen molar-refractivity contribution in [3.63, 3.8) is 0 Å². The lowest BCUT2D eigenvalue weighted by atomic mass is 9.85. The van der Waals surface area contributed by atoms with Crippen LogP contribution in [0.3, 0.4) is 0 Å². The maximum absolute atomic E-state index is 12.5. The molecule has 0 amide bonds. The van der Waals surface area contributed by atoms with Crippen molar-refractivity contribution < 1.29 is 13.2 Å². The van der Waals surface area contributed by atoms with Gasteiger partial charge < -0.3 is 5.32 Å². The fourth-order valence-corrected chi connectivity index (χ4v) is 3.59. The Hall–Kier alpha value is -0.250. The number of hydrogen-bond acceptors (Lipinski definition) is 1. The van der Waals surface area contributed by atoms with Crippen LogP contribution in [-0.4, -0.2) is 18.8 Å². The first-order chi connectivity index (χ1) is 9.05. The number of hydrogen-bond donors (Lipinski definition) is 1. The molecule has 2 aliphatic carbocycles. The Morgan fingerprint density at radius 2 is 1.47 bits per heavy atom. The van der Waals surface area contributed by atoms with Gasteiger partial charge in [0.05, 0.1) is 5.92 Å². The van der Waals surface area contributed by atoms with Crippen LogP contribution < -0.4 is 5.32 Å². The summed E-state index contributed by atoms with van der Waals surface area (Å²) in [5, 5.41) is 3.47. The highest BCUT2D eigenvalue weighted by atomic mass is 19.4. The molecule has 0 bridgehead atoms. The van der Waals surface area contributed by atoms with Crippen molar-refractivity contribution in [2.24, 2.45) is 11.8 Å². The van der Waals surface area contributed by atoms with Gasteiger partial charge in [-0.05, 0) is 44.6 Å². The number of alkyl halides is 3. The van der Waals surface area contributed by atoms with Gasteiger partial charge >= 0.3 is 6.18 Å². The molecule has 2 saturated carbocycles. The lowest BCUT2D eigenvalue weighted by molar-refractivity contribution is -0.182. The second-order valence-corrected chi connectivity index (χ2v) is 6.34. The highest BCUT2D eigenvalue weighted by Crippen LogP contribution is 2.37. The maximum Gasteiger partial charge on any atom is 0.391 e. The van der Waals surface area contributed by atoms with Crippen LogP contribution in [0.15, 0.2) is 0 Å². The van der Waals surface area contributed by atoms with E-state index >= 15 is 0 Å². The third-order valence-corrected chi connectivity index (χ3v) is 4.90. The Morgan fingerprint density at radius 3 is 2.05 bits per heavy atom. The molecule has 112 valence electrons. The molecule has 0 saturated heterocycles. The van der Waals surface area contributed by atoms with E-state index in [0.717, 1.165) is 12.5 Å². The van der Waals surface area contributed by atoms with Gasteiger partial charge in [-0.1, -0.05) is 32.1 Å². The summed E-state index contributed by atoms with van der Waals surface area (Å²) in [6.45, 7) is 0.992. The molecule has 4 heteroatoms. The SMILES string of the molecule is FC(F)(F)C1CCC(NCCC2CCCCC2)CC1. The quantitative estimate of drug-likeness (QED) is 0.787. The molecule has 0 aliphatic heterocycles. The standard InChI is InChI=1S/C15H26F3N/c16-15(17,18)13-6-8-14(9-7-13)19-11-10-12-4-2-1-3-5-12/h12-14,19H,1-11H2. The van der Waals surface area contributed by atoms with Gasteiger partial charge in [0.25, 0.3) is 0 Å². The summed E-state index contributed by atoms with van der Waals surface area (Å²) in [5.74, 6) is -0.198.